The molecule has 1 aromatic carbocycles. The van der Waals surface area contributed by atoms with Crippen LogP contribution >= 0.6 is 0 Å². The Morgan fingerprint density at radius 1 is 1.35 bits per heavy atom. The van der Waals surface area contributed by atoms with Gasteiger partial charge in [-0.05, 0) is 30.2 Å². The van der Waals surface area contributed by atoms with Gasteiger partial charge in [-0.15, -0.1) is 4.83 Å². The average Bonchev–Trinajstić information content (AvgIpc) is 2.44. The zero-order valence-electron chi connectivity index (χ0n) is 10.9. The summed E-state index contributed by atoms with van der Waals surface area (Å²) in [5.74, 6) is -0.500. The van der Waals surface area contributed by atoms with Gasteiger partial charge in [0.2, 0.25) is 11.8 Å². The van der Waals surface area contributed by atoms with Gasteiger partial charge in [0.25, 0.3) is 10.0 Å². The molecule has 1 heterocycles. The number of anilines is 1. The number of hydrazine groups is 1. The fourth-order valence-corrected chi connectivity index (χ4v) is 2.71. The van der Waals surface area contributed by atoms with Gasteiger partial charge in [-0.25, -0.2) is 8.42 Å². The molecule has 1 aromatic rings. The largest absolute Gasteiger partial charge is 0.326 e. The molecule has 7 nitrogen and oxygen atoms in total. The number of benzene rings is 1. The van der Waals surface area contributed by atoms with Crippen LogP contribution in [-0.4, -0.2) is 20.2 Å². The van der Waals surface area contributed by atoms with Crippen LogP contribution < -0.4 is 15.6 Å². The van der Waals surface area contributed by atoms with Crippen LogP contribution in [0.3, 0.4) is 0 Å². The molecule has 0 spiro atoms. The van der Waals surface area contributed by atoms with Crippen LogP contribution in [0.25, 0.3) is 0 Å². The molecule has 0 aromatic heterocycles. The molecule has 2 amide bonds. The van der Waals surface area contributed by atoms with E-state index in [1.807, 2.05) is 4.83 Å². The number of sulfonamides is 1. The molecule has 0 radical (unpaired) electrons. The van der Waals surface area contributed by atoms with E-state index in [1.54, 1.807) is 13.0 Å². The molecule has 0 bridgehead atoms. The Morgan fingerprint density at radius 2 is 2.10 bits per heavy atom. The highest BCUT2D eigenvalue weighted by Crippen LogP contribution is 2.25. The summed E-state index contributed by atoms with van der Waals surface area (Å²) in [6, 6.07) is 4.42. The first kappa shape index (κ1) is 14.5. The third-order valence-corrected chi connectivity index (χ3v) is 4.17. The van der Waals surface area contributed by atoms with Crippen molar-refractivity contribution in [3.63, 3.8) is 0 Å². The standard InChI is InChI=1S/C12H15N3O4S/c1-2-11(16)14-15-20(18,19)9-4-5-10-8(7-9)3-6-12(17)13-10/h4-5,7,15H,2-3,6H2,1H3,(H,13,17)(H,14,16). The fraction of sp³-hybridized carbons (Fsp3) is 0.333. The number of nitrogens with one attached hydrogen (secondary N) is 3. The van der Waals surface area contributed by atoms with Gasteiger partial charge >= 0.3 is 0 Å². The lowest BCUT2D eigenvalue weighted by Gasteiger charge is -2.17. The number of hydrogen-bond acceptors (Lipinski definition) is 4. The fourth-order valence-electron chi connectivity index (χ4n) is 1.80. The smallest absolute Gasteiger partial charge is 0.257 e. The lowest BCUT2D eigenvalue weighted by Crippen LogP contribution is -2.41. The Bertz CT molecular complexity index is 655. The maximum absolute atomic E-state index is 12.0. The predicted octanol–water partition coefficient (Wildman–Crippen LogP) is 0.291. The Labute approximate surface area is 116 Å². The minimum atomic E-state index is -3.81. The summed E-state index contributed by atoms with van der Waals surface area (Å²) in [6.45, 7) is 1.62. The van der Waals surface area contributed by atoms with E-state index in [0.717, 1.165) is 5.56 Å². The molecule has 1 aliphatic heterocycles. The maximum atomic E-state index is 12.0. The highest BCUT2D eigenvalue weighted by atomic mass is 32.2. The van der Waals surface area contributed by atoms with E-state index in [1.165, 1.54) is 12.1 Å². The molecule has 0 atom stereocenters. The first-order valence-electron chi connectivity index (χ1n) is 6.16. The van der Waals surface area contributed by atoms with Gasteiger partial charge in [-0.1, -0.05) is 6.92 Å². The Morgan fingerprint density at radius 3 is 2.80 bits per heavy atom. The van der Waals surface area contributed by atoms with E-state index >= 15 is 0 Å². The zero-order chi connectivity index (χ0) is 14.8. The number of carbonyl (C=O) groups is 2. The first-order valence-corrected chi connectivity index (χ1v) is 7.64. The van der Waals surface area contributed by atoms with Crippen molar-refractivity contribution < 1.29 is 18.0 Å². The van der Waals surface area contributed by atoms with E-state index in [-0.39, 0.29) is 17.2 Å². The predicted molar refractivity (Wildman–Crippen MR) is 72.1 cm³/mol. The van der Waals surface area contributed by atoms with Crippen LogP contribution in [0.5, 0.6) is 0 Å². The second-order valence-electron chi connectivity index (χ2n) is 4.37. The molecule has 2 rings (SSSR count). The number of carbonyl (C=O) groups excluding carboxylic acids is 2. The number of aryl methyl sites for hydroxylation is 1. The molecule has 0 fully saturated rings. The van der Waals surface area contributed by atoms with Gasteiger partial charge < -0.3 is 5.32 Å². The first-order chi connectivity index (χ1) is 9.42. The van der Waals surface area contributed by atoms with E-state index in [2.05, 4.69) is 10.7 Å². The summed E-state index contributed by atoms with van der Waals surface area (Å²) in [4.78, 5) is 24.4. The van der Waals surface area contributed by atoms with Gasteiger partial charge in [-0.2, -0.15) is 0 Å². The summed E-state index contributed by atoms with van der Waals surface area (Å²) in [5.41, 5.74) is 3.49. The molecular formula is C12H15N3O4S. The van der Waals surface area contributed by atoms with Crippen molar-refractivity contribution in [2.24, 2.45) is 0 Å². The highest BCUT2D eigenvalue weighted by molar-refractivity contribution is 7.89. The van der Waals surface area contributed by atoms with Crippen molar-refractivity contribution in [2.45, 2.75) is 31.1 Å². The molecule has 8 heteroatoms. The average molecular weight is 297 g/mol. The number of rotatable bonds is 4. The van der Waals surface area contributed by atoms with Crippen LogP contribution in [0.1, 0.15) is 25.3 Å². The third-order valence-electron chi connectivity index (χ3n) is 2.93. The van der Waals surface area contributed by atoms with E-state index in [4.69, 9.17) is 0 Å². The van der Waals surface area contributed by atoms with Gasteiger partial charge in [-0.3, -0.25) is 15.0 Å². The van der Waals surface area contributed by atoms with Crippen molar-refractivity contribution in [2.75, 3.05) is 5.32 Å². The summed E-state index contributed by atoms with van der Waals surface area (Å²) >= 11 is 0. The Kier molecular flexibility index (Phi) is 4.05. The van der Waals surface area contributed by atoms with Crippen LogP contribution in [0.4, 0.5) is 5.69 Å². The molecule has 0 unspecified atom stereocenters. The quantitative estimate of drug-likeness (QED) is 0.695. The minimum absolute atomic E-state index is 0.0452. The zero-order valence-corrected chi connectivity index (χ0v) is 11.7. The van der Waals surface area contributed by atoms with Crippen molar-refractivity contribution in [1.29, 1.82) is 0 Å². The Hall–Kier alpha value is -1.93. The molecule has 0 saturated carbocycles. The van der Waals surface area contributed by atoms with E-state index in [0.29, 0.717) is 18.5 Å². The number of fused-ring (bicyclic) bond motifs is 1. The molecule has 1 aliphatic rings. The lowest BCUT2D eigenvalue weighted by atomic mass is 10.0. The Balaban J connectivity index is 2.20. The molecule has 108 valence electrons. The third kappa shape index (κ3) is 3.14. The highest BCUT2D eigenvalue weighted by Gasteiger charge is 2.20. The summed E-state index contributed by atoms with van der Waals surface area (Å²) in [5, 5.41) is 2.67. The summed E-state index contributed by atoms with van der Waals surface area (Å²) in [6.07, 6.45) is 1.00. The molecule has 3 N–H and O–H groups in total. The van der Waals surface area contributed by atoms with E-state index in [9.17, 15) is 18.0 Å². The van der Waals surface area contributed by atoms with Crippen molar-refractivity contribution in [3.05, 3.63) is 23.8 Å². The topological polar surface area (TPSA) is 104 Å². The van der Waals surface area contributed by atoms with Crippen molar-refractivity contribution in [3.8, 4) is 0 Å². The molecular weight excluding hydrogens is 282 g/mol. The normalized spacial score (nSPS) is 14.3. The van der Waals surface area contributed by atoms with Crippen LogP contribution in [0.2, 0.25) is 0 Å². The second-order valence-corrected chi connectivity index (χ2v) is 6.06. The minimum Gasteiger partial charge on any atom is -0.326 e. The van der Waals surface area contributed by atoms with Crippen LogP contribution in [0.15, 0.2) is 23.1 Å². The number of hydrogen-bond donors (Lipinski definition) is 3. The lowest BCUT2D eigenvalue weighted by molar-refractivity contribution is -0.121. The summed E-state index contributed by atoms with van der Waals surface area (Å²) in [7, 11) is -3.81. The maximum Gasteiger partial charge on any atom is 0.257 e. The van der Waals surface area contributed by atoms with Crippen molar-refractivity contribution in [1.82, 2.24) is 10.3 Å². The van der Waals surface area contributed by atoms with Gasteiger partial charge in [0.1, 0.15) is 0 Å². The van der Waals surface area contributed by atoms with Gasteiger partial charge in [0.15, 0.2) is 0 Å². The molecule has 20 heavy (non-hydrogen) atoms. The van der Waals surface area contributed by atoms with Crippen LogP contribution in [-0.2, 0) is 26.0 Å². The monoisotopic (exact) mass is 297 g/mol. The SMILES string of the molecule is CCC(=O)NNS(=O)(=O)c1ccc2c(c1)CCC(=O)N2. The summed E-state index contributed by atoms with van der Waals surface area (Å²) < 4.78 is 24.0. The van der Waals surface area contributed by atoms with Crippen molar-refractivity contribution >= 4 is 27.5 Å². The molecule has 0 saturated heterocycles. The molecule has 0 aliphatic carbocycles. The van der Waals surface area contributed by atoms with E-state index < -0.39 is 15.9 Å². The van der Waals surface area contributed by atoms with Gasteiger partial charge in [0, 0.05) is 18.5 Å². The van der Waals surface area contributed by atoms with Gasteiger partial charge in [0.05, 0.1) is 4.90 Å². The van der Waals surface area contributed by atoms with Crippen LogP contribution in [0, 0.1) is 0 Å². The second kappa shape index (κ2) is 5.59. The number of amides is 2.